The Balaban J connectivity index is 1.85. The zero-order valence-corrected chi connectivity index (χ0v) is 18.4. The van der Waals surface area contributed by atoms with Crippen molar-refractivity contribution in [3.05, 3.63) is 35.4 Å². The molecule has 1 heterocycles. The molecule has 1 aromatic carbocycles. The predicted octanol–water partition coefficient (Wildman–Crippen LogP) is 3.87. The summed E-state index contributed by atoms with van der Waals surface area (Å²) in [5, 5.41) is 0. The Morgan fingerprint density at radius 3 is 2.30 bits per heavy atom. The molecule has 1 saturated heterocycles. The molecule has 30 heavy (non-hydrogen) atoms. The van der Waals surface area contributed by atoms with Gasteiger partial charge in [-0.2, -0.15) is 0 Å². The van der Waals surface area contributed by atoms with Crippen LogP contribution < -0.4 is 0 Å². The number of methoxy groups -OCH3 is 1. The van der Waals surface area contributed by atoms with Gasteiger partial charge >= 0.3 is 12.1 Å². The smallest absolute Gasteiger partial charge is 0.410 e. The summed E-state index contributed by atoms with van der Waals surface area (Å²) in [5.74, 6) is -0.571. The van der Waals surface area contributed by atoms with Crippen molar-refractivity contribution in [2.75, 3.05) is 26.7 Å². The third-order valence-corrected chi connectivity index (χ3v) is 5.86. The number of piperazine rings is 1. The van der Waals surface area contributed by atoms with Crippen molar-refractivity contribution in [2.24, 2.45) is 0 Å². The van der Waals surface area contributed by atoms with E-state index in [1.807, 2.05) is 25.7 Å². The Labute approximate surface area is 178 Å². The number of hydrogen-bond donors (Lipinski definition) is 0. The number of ether oxygens (including phenoxy) is 2. The highest BCUT2D eigenvalue weighted by Gasteiger charge is 2.46. The molecule has 7 nitrogen and oxygen atoms in total. The summed E-state index contributed by atoms with van der Waals surface area (Å²) in [7, 11) is 1.32. The fourth-order valence-corrected chi connectivity index (χ4v) is 4.47. The van der Waals surface area contributed by atoms with Gasteiger partial charge in [-0.3, -0.25) is 4.79 Å². The highest BCUT2D eigenvalue weighted by Crippen LogP contribution is 2.38. The second-order valence-electron chi connectivity index (χ2n) is 9.22. The lowest BCUT2D eigenvalue weighted by Crippen LogP contribution is -2.65. The van der Waals surface area contributed by atoms with Gasteiger partial charge in [0.2, 0.25) is 0 Å². The van der Waals surface area contributed by atoms with E-state index >= 15 is 0 Å². The third kappa shape index (κ3) is 4.77. The van der Waals surface area contributed by atoms with Gasteiger partial charge in [-0.05, 0) is 51.8 Å². The molecule has 3 rings (SSSR count). The minimum Gasteiger partial charge on any atom is -0.465 e. The fourth-order valence-electron chi connectivity index (χ4n) is 4.47. The summed E-state index contributed by atoms with van der Waals surface area (Å²) in [6, 6.07) is 6.65. The zero-order chi connectivity index (χ0) is 21.9. The fraction of sp³-hybridized carbons (Fsp3) is 0.609. The van der Waals surface area contributed by atoms with Gasteiger partial charge in [-0.15, -0.1) is 0 Å². The van der Waals surface area contributed by atoms with Crippen molar-refractivity contribution < 1.29 is 23.9 Å². The standard InChI is InChI=1S/C23H32N2O5/c1-22(2,3)30-21(28)24-13-14-25(23(16-24)11-6-5-7-12-23)19(26)17-9-8-10-18(15-17)20(27)29-4/h8-10,15H,5-7,11-14,16H2,1-4H3. The van der Waals surface area contributed by atoms with E-state index < -0.39 is 17.1 Å². The number of nitrogens with zero attached hydrogens (tertiary/aromatic N) is 2. The summed E-state index contributed by atoms with van der Waals surface area (Å²) >= 11 is 0. The Hall–Kier alpha value is -2.57. The quantitative estimate of drug-likeness (QED) is 0.684. The normalized spacial score (nSPS) is 18.8. The molecule has 0 aromatic heterocycles. The highest BCUT2D eigenvalue weighted by atomic mass is 16.6. The molecule has 0 atom stereocenters. The average molecular weight is 417 g/mol. The van der Waals surface area contributed by atoms with Crippen LogP contribution in [0.25, 0.3) is 0 Å². The lowest BCUT2D eigenvalue weighted by Gasteiger charge is -2.52. The van der Waals surface area contributed by atoms with Crippen LogP contribution in [0.1, 0.15) is 73.6 Å². The van der Waals surface area contributed by atoms with E-state index in [1.54, 1.807) is 29.2 Å². The molecule has 1 aliphatic heterocycles. The Bertz CT molecular complexity index is 808. The molecule has 2 amide bonds. The van der Waals surface area contributed by atoms with Crippen LogP contribution in [-0.2, 0) is 9.47 Å². The molecule has 1 aliphatic carbocycles. The van der Waals surface area contributed by atoms with Crippen LogP contribution in [-0.4, -0.2) is 65.7 Å². The van der Waals surface area contributed by atoms with Gasteiger partial charge in [-0.25, -0.2) is 9.59 Å². The molecule has 1 saturated carbocycles. The van der Waals surface area contributed by atoms with Crippen molar-refractivity contribution in [3.63, 3.8) is 0 Å². The van der Waals surface area contributed by atoms with Crippen LogP contribution in [0.15, 0.2) is 24.3 Å². The van der Waals surface area contributed by atoms with Crippen LogP contribution in [0.4, 0.5) is 4.79 Å². The number of carbonyl (C=O) groups is 3. The van der Waals surface area contributed by atoms with E-state index in [0.29, 0.717) is 30.8 Å². The summed E-state index contributed by atoms with van der Waals surface area (Å²) < 4.78 is 10.4. The highest BCUT2D eigenvalue weighted by molar-refractivity contribution is 5.98. The van der Waals surface area contributed by atoms with E-state index in [9.17, 15) is 14.4 Å². The molecule has 0 N–H and O–H groups in total. The number of carbonyl (C=O) groups excluding carboxylic acids is 3. The average Bonchev–Trinajstić information content (AvgIpc) is 2.72. The molecular formula is C23H32N2O5. The molecular weight excluding hydrogens is 384 g/mol. The topological polar surface area (TPSA) is 76.2 Å². The van der Waals surface area contributed by atoms with Gasteiger partial charge in [-0.1, -0.05) is 25.3 Å². The first kappa shape index (κ1) is 22.1. The zero-order valence-electron chi connectivity index (χ0n) is 18.4. The van der Waals surface area contributed by atoms with Gasteiger partial charge in [0.05, 0.1) is 18.2 Å². The van der Waals surface area contributed by atoms with Crippen LogP contribution in [0.5, 0.6) is 0 Å². The first-order chi connectivity index (χ1) is 14.1. The van der Waals surface area contributed by atoms with Crippen molar-refractivity contribution in [1.29, 1.82) is 0 Å². The third-order valence-electron chi connectivity index (χ3n) is 5.86. The Kier molecular flexibility index (Phi) is 6.38. The van der Waals surface area contributed by atoms with Crippen LogP contribution in [0.2, 0.25) is 0 Å². The minimum atomic E-state index is -0.557. The first-order valence-corrected chi connectivity index (χ1v) is 10.6. The van der Waals surface area contributed by atoms with E-state index in [-0.39, 0.29) is 12.0 Å². The molecule has 2 aliphatic rings. The van der Waals surface area contributed by atoms with Crippen LogP contribution in [0.3, 0.4) is 0 Å². The number of amides is 2. The molecule has 164 valence electrons. The molecule has 7 heteroatoms. The van der Waals surface area contributed by atoms with E-state index in [2.05, 4.69) is 0 Å². The second-order valence-corrected chi connectivity index (χ2v) is 9.22. The maximum Gasteiger partial charge on any atom is 0.410 e. The number of benzene rings is 1. The van der Waals surface area contributed by atoms with E-state index in [1.165, 1.54) is 7.11 Å². The molecule has 0 bridgehead atoms. The largest absolute Gasteiger partial charge is 0.465 e. The monoisotopic (exact) mass is 416 g/mol. The summed E-state index contributed by atoms with van der Waals surface area (Å²) in [6.45, 7) is 6.92. The first-order valence-electron chi connectivity index (χ1n) is 10.6. The summed E-state index contributed by atoms with van der Waals surface area (Å²) in [6.07, 6.45) is 4.56. The van der Waals surface area contributed by atoms with Crippen LogP contribution >= 0.6 is 0 Å². The number of esters is 1. The van der Waals surface area contributed by atoms with E-state index in [4.69, 9.17) is 9.47 Å². The summed E-state index contributed by atoms with van der Waals surface area (Å²) in [5.41, 5.74) is -0.133. The van der Waals surface area contributed by atoms with Gasteiger partial charge in [0.25, 0.3) is 5.91 Å². The second kappa shape index (κ2) is 8.66. The van der Waals surface area contributed by atoms with Gasteiger partial charge in [0.15, 0.2) is 0 Å². The van der Waals surface area contributed by atoms with Gasteiger partial charge in [0.1, 0.15) is 5.60 Å². The number of hydrogen-bond acceptors (Lipinski definition) is 5. The van der Waals surface area contributed by atoms with Crippen molar-refractivity contribution in [1.82, 2.24) is 9.80 Å². The van der Waals surface area contributed by atoms with Crippen molar-refractivity contribution in [3.8, 4) is 0 Å². The number of rotatable bonds is 2. The van der Waals surface area contributed by atoms with Crippen molar-refractivity contribution >= 4 is 18.0 Å². The SMILES string of the molecule is COC(=O)c1cccc(C(=O)N2CCN(C(=O)OC(C)(C)C)CC23CCCCC3)c1. The minimum absolute atomic E-state index is 0.105. The lowest BCUT2D eigenvalue weighted by molar-refractivity contribution is -0.0309. The van der Waals surface area contributed by atoms with Gasteiger partial charge < -0.3 is 19.3 Å². The Morgan fingerprint density at radius 1 is 1.00 bits per heavy atom. The lowest BCUT2D eigenvalue weighted by atomic mass is 9.78. The molecule has 2 fully saturated rings. The van der Waals surface area contributed by atoms with Gasteiger partial charge in [0, 0.05) is 25.2 Å². The maximum absolute atomic E-state index is 13.5. The van der Waals surface area contributed by atoms with E-state index in [0.717, 1.165) is 32.1 Å². The molecule has 1 aromatic rings. The summed E-state index contributed by atoms with van der Waals surface area (Å²) in [4.78, 5) is 41.7. The Morgan fingerprint density at radius 2 is 1.67 bits per heavy atom. The maximum atomic E-state index is 13.5. The molecule has 0 radical (unpaired) electrons. The molecule has 1 spiro atoms. The predicted molar refractivity (Wildman–Crippen MR) is 112 cm³/mol. The van der Waals surface area contributed by atoms with Crippen LogP contribution in [0, 0.1) is 0 Å². The van der Waals surface area contributed by atoms with Crippen molar-refractivity contribution in [2.45, 2.75) is 64.0 Å². The molecule has 0 unspecified atom stereocenters.